The lowest BCUT2D eigenvalue weighted by molar-refractivity contribution is 0.0769. The zero-order chi connectivity index (χ0) is 14.0. The number of likely N-dealkylation sites (tertiary alicyclic amines) is 1. The number of halogens is 2. The van der Waals surface area contributed by atoms with Crippen LogP contribution in [-0.4, -0.2) is 49.4 Å². The van der Waals surface area contributed by atoms with Gasteiger partial charge in [0.25, 0.3) is 5.91 Å². The van der Waals surface area contributed by atoms with Crippen molar-refractivity contribution in [3.8, 4) is 0 Å². The van der Waals surface area contributed by atoms with E-state index < -0.39 is 5.82 Å². The molecular formula is C14H18BrFN2O. The highest BCUT2D eigenvalue weighted by molar-refractivity contribution is 9.10. The first-order valence-electron chi connectivity index (χ1n) is 6.36. The summed E-state index contributed by atoms with van der Waals surface area (Å²) in [5, 5.41) is 0. The lowest BCUT2D eigenvalue weighted by Gasteiger charge is -2.21. The van der Waals surface area contributed by atoms with Crippen molar-refractivity contribution < 1.29 is 9.18 Å². The fourth-order valence-electron chi connectivity index (χ4n) is 2.51. The van der Waals surface area contributed by atoms with Crippen LogP contribution in [0.4, 0.5) is 4.39 Å². The van der Waals surface area contributed by atoms with Gasteiger partial charge in [-0.1, -0.05) is 15.9 Å². The molecule has 1 aliphatic heterocycles. The van der Waals surface area contributed by atoms with Crippen molar-refractivity contribution in [3.05, 3.63) is 34.1 Å². The van der Waals surface area contributed by atoms with Gasteiger partial charge in [0.2, 0.25) is 0 Å². The summed E-state index contributed by atoms with van der Waals surface area (Å²) < 4.78 is 14.4. The highest BCUT2D eigenvalue weighted by Crippen LogP contribution is 2.19. The van der Waals surface area contributed by atoms with Gasteiger partial charge in [-0.05, 0) is 44.1 Å². The number of rotatable bonds is 3. The summed E-state index contributed by atoms with van der Waals surface area (Å²) in [6.07, 6.45) is 1.09. The van der Waals surface area contributed by atoms with Gasteiger partial charge in [0.15, 0.2) is 0 Å². The Kier molecular flexibility index (Phi) is 4.58. The maximum absolute atomic E-state index is 13.8. The molecule has 1 heterocycles. The quantitative estimate of drug-likeness (QED) is 0.851. The first-order chi connectivity index (χ1) is 8.97. The number of amides is 1. The predicted octanol–water partition coefficient (Wildman–Crippen LogP) is 2.61. The third kappa shape index (κ3) is 3.54. The SMILES string of the molecule is CN1CCC(CN(C)C(=O)c2ccc(Br)cc2F)C1. The Hall–Kier alpha value is -0.940. The second-order valence-corrected chi connectivity index (χ2v) is 6.14. The zero-order valence-corrected chi connectivity index (χ0v) is 12.8. The Labute approximate surface area is 121 Å². The normalized spacial score (nSPS) is 19.7. The molecule has 19 heavy (non-hydrogen) atoms. The number of benzene rings is 1. The lowest BCUT2D eigenvalue weighted by Crippen LogP contribution is -2.33. The third-order valence-electron chi connectivity index (χ3n) is 3.53. The van der Waals surface area contributed by atoms with Crippen LogP contribution >= 0.6 is 15.9 Å². The van der Waals surface area contributed by atoms with Gasteiger partial charge in [-0.25, -0.2) is 4.39 Å². The standard InChI is InChI=1S/C14H18BrFN2O/c1-17-6-5-10(8-17)9-18(2)14(19)12-4-3-11(15)7-13(12)16/h3-4,7,10H,5-6,8-9H2,1-2H3. The largest absolute Gasteiger partial charge is 0.341 e. The molecule has 104 valence electrons. The summed E-state index contributed by atoms with van der Waals surface area (Å²) in [5.74, 6) is -0.244. The van der Waals surface area contributed by atoms with E-state index in [0.717, 1.165) is 19.5 Å². The van der Waals surface area contributed by atoms with Crippen LogP contribution in [0.15, 0.2) is 22.7 Å². The summed E-state index contributed by atoms with van der Waals surface area (Å²) in [7, 11) is 3.82. The summed E-state index contributed by atoms with van der Waals surface area (Å²) in [6, 6.07) is 4.54. The second-order valence-electron chi connectivity index (χ2n) is 5.23. The summed E-state index contributed by atoms with van der Waals surface area (Å²) >= 11 is 3.19. The molecule has 1 unspecified atom stereocenters. The molecule has 2 rings (SSSR count). The molecule has 0 radical (unpaired) electrons. The monoisotopic (exact) mass is 328 g/mol. The zero-order valence-electron chi connectivity index (χ0n) is 11.2. The van der Waals surface area contributed by atoms with Gasteiger partial charge < -0.3 is 9.80 Å². The van der Waals surface area contributed by atoms with Crippen molar-refractivity contribution in [2.24, 2.45) is 5.92 Å². The molecule has 1 fully saturated rings. The number of hydrogen-bond acceptors (Lipinski definition) is 2. The van der Waals surface area contributed by atoms with Gasteiger partial charge in [0.1, 0.15) is 5.82 Å². The summed E-state index contributed by atoms with van der Waals surface area (Å²) in [4.78, 5) is 16.1. The molecule has 0 aromatic heterocycles. The number of hydrogen-bond donors (Lipinski definition) is 0. The number of carbonyl (C=O) groups excluding carboxylic acids is 1. The third-order valence-corrected chi connectivity index (χ3v) is 4.02. The van der Waals surface area contributed by atoms with Gasteiger partial charge in [-0.2, -0.15) is 0 Å². The fourth-order valence-corrected chi connectivity index (χ4v) is 2.85. The minimum absolute atomic E-state index is 0.136. The highest BCUT2D eigenvalue weighted by atomic mass is 79.9. The fraction of sp³-hybridized carbons (Fsp3) is 0.500. The van der Waals surface area contributed by atoms with E-state index in [0.29, 0.717) is 16.9 Å². The van der Waals surface area contributed by atoms with Crippen molar-refractivity contribution in [2.45, 2.75) is 6.42 Å². The van der Waals surface area contributed by atoms with Gasteiger partial charge in [0.05, 0.1) is 5.56 Å². The van der Waals surface area contributed by atoms with Gasteiger partial charge in [-0.15, -0.1) is 0 Å². The summed E-state index contributed by atoms with van der Waals surface area (Å²) in [6.45, 7) is 2.75. The molecule has 1 amide bonds. The first kappa shape index (κ1) is 14.5. The number of carbonyl (C=O) groups is 1. The maximum atomic E-state index is 13.8. The second kappa shape index (κ2) is 6.01. The van der Waals surface area contributed by atoms with Crippen LogP contribution in [0.25, 0.3) is 0 Å². The van der Waals surface area contributed by atoms with Crippen molar-refractivity contribution in [1.82, 2.24) is 9.80 Å². The van der Waals surface area contributed by atoms with Crippen LogP contribution in [0.5, 0.6) is 0 Å². The van der Waals surface area contributed by atoms with Crippen molar-refractivity contribution in [2.75, 3.05) is 33.7 Å². The molecular weight excluding hydrogens is 311 g/mol. The molecule has 3 nitrogen and oxygen atoms in total. The van der Waals surface area contributed by atoms with E-state index in [2.05, 4.69) is 27.9 Å². The van der Waals surface area contributed by atoms with E-state index in [9.17, 15) is 9.18 Å². The van der Waals surface area contributed by atoms with Crippen LogP contribution in [0.1, 0.15) is 16.8 Å². The molecule has 1 aromatic rings. The Balaban J connectivity index is 2.02. The Morgan fingerprint density at radius 3 is 2.89 bits per heavy atom. The molecule has 5 heteroatoms. The van der Waals surface area contributed by atoms with E-state index in [1.54, 1.807) is 18.0 Å². The minimum Gasteiger partial charge on any atom is -0.341 e. The van der Waals surface area contributed by atoms with Gasteiger partial charge in [0, 0.05) is 24.6 Å². The first-order valence-corrected chi connectivity index (χ1v) is 7.15. The predicted molar refractivity (Wildman–Crippen MR) is 76.7 cm³/mol. The minimum atomic E-state index is -0.477. The van der Waals surface area contributed by atoms with Crippen LogP contribution in [0.3, 0.4) is 0 Å². The van der Waals surface area contributed by atoms with Gasteiger partial charge >= 0.3 is 0 Å². The van der Waals surface area contributed by atoms with E-state index in [1.165, 1.54) is 12.1 Å². The molecule has 0 N–H and O–H groups in total. The topological polar surface area (TPSA) is 23.6 Å². The van der Waals surface area contributed by atoms with Crippen molar-refractivity contribution in [3.63, 3.8) is 0 Å². The van der Waals surface area contributed by atoms with Crippen LogP contribution in [-0.2, 0) is 0 Å². The maximum Gasteiger partial charge on any atom is 0.256 e. The molecule has 0 aliphatic carbocycles. The highest BCUT2D eigenvalue weighted by Gasteiger charge is 2.24. The average Bonchev–Trinajstić information content (AvgIpc) is 2.74. The molecule has 1 aromatic carbocycles. The average molecular weight is 329 g/mol. The summed E-state index contributed by atoms with van der Waals surface area (Å²) in [5.41, 5.74) is 0.136. The van der Waals surface area contributed by atoms with E-state index >= 15 is 0 Å². The van der Waals surface area contributed by atoms with E-state index in [1.807, 2.05) is 0 Å². The Morgan fingerprint density at radius 2 is 2.32 bits per heavy atom. The molecule has 0 saturated carbocycles. The van der Waals surface area contributed by atoms with Crippen LogP contribution in [0.2, 0.25) is 0 Å². The van der Waals surface area contributed by atoms with E-state index in [-0.39, 0.29) is 11.5 Å². The van der Waals surface area contributed by atoms with Gasteiger partial charge in [-0.3, -0.25) is 4.79 Å². The smallest absolute Gasteiger partial charge is 0.256 e. The number of nitrogens with zero attached hydrogens (tertiary/aromatic N) is 2. The molecule has 0 spiro atoms. The van der Waals surface area contributed by atoms with Crippen LogP contribution in [0, 0.1) is 11.7 Å². The van der Waals surface area contributed by atoms with Crippen molar-refractivity contribution in [1.29, 1.82) is 0 Å². The Morgan fingerprint density at radius 1 is 1.58 bits per heavy atom. The van der Waals surface area contributed by atoms with E-state index in [4.69, 9.17) is 0 Å². The lowest BCUT2D eigenvalue weighted by atomic mass is 10.1. The molecule has 1 aliphatic rings. The Bertz CT molecular complexity index is 481. The van der Waals surface area contributed by atoms with Crippen molar-refractivity contribution >= 4 is 21.8 Å². The molecule has 0 bridgehead atoms. The van der Waals surface area contributed by atoms with Crippen LogP contribution < -0.4 is 0 Å². The molecule has 1 atom stereocenters. The molecule has 1 saturated heterocycles.